The summed E-state index contributed by atoms with van der Waals surface area (Å²) in [6.45, 7) is 0. The van der Waals surface area contributed by atoms with Gasteiger partial charge in [0.05, 0.1) is 6.04 Å². The summed E-state index contributed by atoms with van der Waals surface area (Å²) in [5, 5.41) is 0. The van der Waals surface area contributed by atoms with E-state index in [2.05, 4.69) is 29.3 Å². The molecule has 0 spiro atoms. The molecule has 64 valence electrons. The van der Waals surface area contributed by atoms with E-state index < -0.39 is 0 Å². The normalized spacial score (nSPS) is 38.7. The molecule has 1 heterocycles. The van der Waals surface area contributed by atoms with Crippen LogP contribution in [0.5, 0.6) is 0 Å². The van der Waals surface area contributed by atoms with E-state index in [-0.39, 0.29) is 0 Å². The van der Waals surface area contributed by atoms with Crippen LogP contribution in [0.2, 0.25) is 0 Å². The average molecular weight is 163 g/mol. The smallest absolute Gasteiger partial charge is 0.170 e. The summed E-state index contributed by atoms with van der Waals surface area (Å²) in [5.41, 5.74) is 0. The molecule has 0 saturated carbocycles. The van der Waals surface area contributed by atoms with E-state index in [4.69, 9.17) is 4.74 Å². The first kappa shape index (κ1) is 7.59. The summed E-state index contributed by atoms with van der Waals surface area (Å²) in [6, 6.07) is 0.362. The van der Waals surface area contributed by atoms with Crippen LogP contribution in [-0.4, -0.2) is 18.5 Å². The van der Waals surface area contributed by atoms with E-state index in [1.165, 1.54) is 0 Å². The second-order valence-electron chi connectivity index (χ2n) is 3.17. The molecule has 2 rings (SSSR count). The minimum Gasteiger partial charge on any atom is -0.478 e. The standard InChI is InChI=1S/C10H13NO/c1-2-4-6-9-10(7-5-3-1)12-8-11-9/h1-4,8-10H,5-7H2/b3-1-,4-2-/t9-,10+/m0/s1. The Kier molecular flexibility index (Phi) is 2.26. The van der Waals surface area contributed by atoms with Crippen LogP contribution >= 0.6 is 0 Å². The number of fused-ring (bicyclic) bond motifs is 1. The summed E-state index contributed by atoms with van der Waals surface area (Å²) in [5.74, 6) is 0. The molecular weight excluding hydrogens is 150 g/mol. The summed E-state index contributed by atoms with van der Waals surface area (Å²) in [6.07, 6.45) is 13.6. The van der Waals surface area contributed by atoms with Crippen LogP contribution in [0.3, 0.4) is 0 Å². The fourth-order valence-electron chi connectivity index (χ4n) is 1.58. The molecule has 0 aromatic rings. The maximum atomic E-state index is 5.39. The van der Waals surface area contributed by atoms with Crippen molar-refractivity contribution in [2.24, 2.45) is 4.99 Å². The molecule has 0 aromatic heterocycles. The van der Waals surface area contributed by atoms with Crippen molar-refractivity contribution in [1.29, 1.82) is 0 Å². The lowest BCUT2D eigenvalue weighted by Crippen LogP contribution is -2.20. The fourth-order valence-corrected chi connectivity index (χ4v) is 1.58. The SMILES string of the molecule is C1=N[C@H]2C/C=C\C=C/CC[C@H]2O1. The Morgan fingerprint density at radius 1 is 1.25 bits per heavy atom. The van der Waals surface area contributed by atoms with E-state index >= 15 is 0 Å². The number of allylic oxidation sites excluding steroid dienone is 3. The zero-order chi connectivity index (χ0) is 8.23. The van der Waals surface area contributed by atoms with Gasteiger partial charge >= 0.3 is 0 Å². The second-order valence-corrected chi connectivity index (χ2v) is 3.17. The Labute approximate surface area is 72.6 Å². The van der Waals surface area contributed by atoms with Crippen LogP contribution in [0.4, 0.5) is 0 Å². The van der Waals surface area contributed by atoms with Gasteiger partial charge in [-0.25, -0.2) is 0 Å². The lowest BCUT2D eigenvalue weighted by Gasteiger charge is -2.13. The summed E-state index contributed by atoms with van der Waals surface area (Å²) >= 11 is 0. The molecule has 2 nitrogen and oxygen atoms in total. The minimum atomic E-state index is 0.317. The van der Waals surface area contributed by atoms with Gasteiger partial charge in [0.25, 0.3) is 0 Å². The Hall–Kier alpha value is -1.05. The topological polar surface area (TPSA) is 21.6 Å². The molecule has 12 heavy (non-hydrogen) atoms. The van der Waals surface area contributed by atoms with Crippen LogP contribution in [0, 0.1) is 0 Å². The van der Waals surface area contributed by atoms with Crippen molar-refractivity contribution in [3.05, 3.63) is 24.3 Å². The maximum absolute atomic E-state index is 5.39. The number of nitrogens with zero attached hydrogens (tertiary/aromatic N) is 1. The first-order valence-electron chi connectivity index (χ1n) is 4.45. The fraction of sp³-hybridized carbons (Fsp3) is 0.500. The van der Waals surface area contributed by atoms with E-state index in [0.29, 0.717) is 12.1 Å². The van der Waals surface area contributed by atoms with Gasteiger partial charge in [0.2, 0.25) is 0 Å². The highest BCUT2D eigenvalue weighted by Gasteiger charge is 2.23. The van der Waals surface area contributed by atoms with Crippen molar-refractivity contribution < 1.29 is 4.74 Å². The van der Waals surface area contributed by atoms with Crippen molar-refractivity contribution >= 4 is 6.40 Å². The van der Waals surface area contributed by atoms with Crippen LogP contribution < -0.4 is 0 Å². The molecule has 0 fully saturated rings. The van der Waals surface area contributed by atoms with Gasteiger partial charge in [0.15, 0.2) is 6.40 Å². The molecule has 1 aliphatic heterocycles. The molecule has 0 bridgehead atoms. The number of aliphatic imine (C=N–C) groups is 1. The van der Waals surface area contributed by atoms with Gasteiger partial charge in [-0.15, -0.1) is 0 Å². The third-order valence-corrected chi connectivity index (χ3v) is 2.30. The molecule has 1 aliphatic carbocycles. The van der Waals surface area contributed by atoms with Crippen molar-refractivity contribution in [3.8, 4) is 0 Å². The zero-order valence-corrected chi connectivity index (χ0v) is 7.02. The molecule has 0 radical (unpaired) electrons. The molecule has 2 atom stereocenters. The van der Waals surface area contributed by atoms with Crippen LogP contribution in [-0.2, 0) is 4.74 Å². The largest absolute Gasteiger partial charge is 0.478 e. The first-order chi connectivity index (χ1) is 5.97. The Balaban J connectivity index is 2.04. The maximum Gasteiger partial charge on any atom is 0.170 e. The first-order valence-corrected chi connectivity index (χ1v) is 4.45. The van der Waals surface area contributed by atoms with Gasteiger partial charge in [-0.1, -0.05) is 24.3 Å². The van der Waals surface area contributed by atoms with Crippen molar-refractivity contribution in [2.75, 3.05) is 0 Å². The molecule has 2 heteroatoms. The average Bonchev–Trinajstić information content (AvgIpc) is 2.50. The number of hydrogen-bond acceptors (Lipinski definition) is 2. The lowest BCUT2D eigenvalue weighted by molar-refractivity contribution is 0.190. The lowest BCUT2D eigenvalue weighted by atomic mass is 10.0. The molecule has 0 N–H and O–H groups in total. The third kappa shape index (κ3) is 1.58. The van der Waals surface area contributed by atoms with E-state index in [0.717, 1.165) is 19.3 Å². The summed E-state index contributed by atoms with van der Waals surface area (Å²) < 4.78 is 5.39. The molecule has 0 aromatic carbocycles. The molecular formula is C10H13NO. The van der Waals surface area contributed by atoms with Gasteiger partial charge in [-0.3, -0.25) is 4.99 Å². The van der Waals surface area contributed by atoms with E-state index in [1.807, 2.05) is 0 Å². The van der Waals surface area contributed by atoms with Crippen LogP contribution in [0.15, 0.2) is 29.3 Å². The van der Waals surface area contributed by atoms with Crippen molar-refractivity contribution in [3.63, 3.8) is 0 Å². The molecule has 0 saturated heterocycles. The third-order valence-electron chi connectivity index (χ3n) is 2.30. The van der Waals surface area contributed by atoms with E-state index in [1.54, 1.807) is 6.40 Å². The summed E-state index contributed by atoms with van der Waals surface area (Å²) in [4.78, 5) is 4.27. The second kappa shape index (κ2) is 3.57. The molecule has 2 aliphatic rings. The predicted octanol–water partition coefficient (Wildman–Crippen LogP) is 2.08. The Morgan fingerprint density at radius 3 is 3.17 bits per heavy atom. The predicted molar refractivity (Wildman–Crippen MR) is 49.3 cm³/mol. The number of ether oxygens (including phenoxy) is 1. The summed E-state index contributed by atoms with van der Waals surface area (Å²) in [7, 11) is 0. The quantitative estimate of drug-likeness (QED) is 0.535. The molecule has 0 unspecified atom stereocenters. The van der Waals surface area contributed by atoms with Crippen LogP contribution in [0.1, 0.15) is 19.3 Å². The number of hydrogen-bond donors (Lipinski definition) is 0. The van der Waals surface area contributed by atoms with Gasteiger partial charge in [0.1, 0.15) is 6.10 Å². The van der Waals surface area contributed by atoms with Gasteiger partial charge < -0.3 is 4.74 Å². The highest BCUT2D eigenvalue weighted by Crippen LogP contribution is 2.19. The van der Waals surface area contributed by atoms with Crippen molar-refractivity contribution in [1.82, 2.24) is 0 Å². The highest BCUT2D eigenvalue weighted by atomic mass is 16.5. The Morgan fingerprint density at radius 2 is 2.17 bits per heavy atom. The van der Waals surface area contributed by atoms with Gasteiger partial charge in [-0.2, -0.15) is 0 Å². The van der Waals surface area contributed by atoms with Gasteiger partial charge in [0, 0.05) is 0 Å². The Bertz CT molecular complexity index is 230. The zero-order valence-electron chi connectivity index (χ0n) is 7.02. The van der Waals surface area contributed by atoms with Crippen LogP contribution in [0.25, 0.3) is 0 Å². The monoisotopic (exact) mass is 163 g/mol. The van der Waals surface area contributed by atoms with E-state index in [9.17, 15) is 0 Å². The van der Waals surface area contributed by atoms with Gasteiger partial charge in [-0.05, 0) is 19.3 Å². The minimum absolute atomic E-state index is 0.317. The molecule has 0 amide bonds. The highest BCUT2D eigenvalue weighted by molar-refractivity contribution is 5.50. The van der Waals surface area contributed by atoms with Crippen molar-refractivity contribution in [2.45, 2.75) is 31.4 Å². The number of rotatable bonds is 0.